The van der Waals surface area contributed by atoms with Crippen molar-refractivity contribution in [3.8, 4) is 0 Å². The normalized spacial score (nSPS) is 22.6. The summed E-state index contributed by atoms with van der Waals surface area (Å²) in [5.74, 6) is 2.06. The van der Waals surface area contributed by atoms with Crippen LogP contribution in [0.1, 0.15) is 45.4 Å². The van der Waals surface area contributed by atoms with Gasteiger partial charge in [-0.2, -0.15) is 0 Å². The Hall–Kier alpha value is -0.790. The van der Waals surface area contributed by atoms with Crippen LogP contribution in [-0.2, 0) is 0 Å². The number of thiazole rings is 1. The van der Waals surface area contributed by atoms with E-state index >= 15 is 0 Å². The highest BCUT2D eigenvalue weighted by molar-refractivity contribution is 8.00. The summed E-state index contributed by atoms with van der Waals surface area (Å²) in [5.41, 5.74) is 0. The first kappa shape index (κ1) is 19.0. The summed E-state index contributed by atoms with van der Waals surface area (Å²) in [7, 11) is 0. The molecule has 140 valence electrons. The quantitative estimate of drug-likeness (QED) is 0.313. The Morgan fingerprint density at radius 3 is 3.04 bits per heavy atom. The number of rotatable bonds is 8. The van der Waals surface area contributed by atoms with E-state index in [4.69, 9.17) is 4.99 Å². The second kappa shape index (κ2) is 10.4. The van der Waals surface area contributed by atoms with Crippen molar-refractivity contribution in [1.29, 1.82) is 0 Å². The second-order valence-corrected chi connectivity index (χ2v) is 9.06. The topological polar surface area (TPSA) is 52.6 Å². The van der Waals surface area contributed by atoms with Crippen LogP contribution < -0.4 is 10.6 Å². The third kappa shape index (κ3) is 6.15. The number of guanidine groups is 1. The van der Waals surface area contributed by atoms with E-state index in [-0.39, 0.29) is 0 Å². The summed E-state index contributed by atoms with van der Waals surface area (Å²) >= 11 is 3.54. The van der Waals surface area contributed by atoms with Crippen LogP contribution in [0.15, 0.2) is 20.9 Å². The minimum absolute atomic E-state index is 0.545. The Balaban J connectivity index is 1.38. The minimum Gasteiger partial charge on any atom is -0.357 e. The molecule has 0 amide bonds. The molecule has 1 aromatic rings. The largest absolute Gasteiger partial charge is 0.357 e. The minimum atomic E-state index is 0.545. The molecule has 0 aromatic carbocycles. The van der Waals surface area contributed by atoms with Gasteiger partial charge in [0, 0.05) is 55.6 Å². The molecule has 7 heteroatoms. The van der Waals surface area contributed by atoms with Gasteiger partial charge in [0.25, 0.3) is 0 Å². The second-order valence-electron chi connectivity index (χ2n) is 6.82. The Bertz CT molecular complexity index is 514. The van der Waals surface area contributed by atoms with E-state index in [1.54, 1.807) is 11.3 Å². The molecular formula is C18H31N5S2. The van der Waals surface area contributed by atoms with Gasteiger partial charge in [-0.3, -0.25) is 9.89 Å². The highest BCUT2D eigenvalue weighted by Gasteiger charge is 2.30. The monoisotopic (exact) mass is 381 g/mol. The van der Waals surface area contributed by atoms with Crippen molar-refractivity contribution in [3.05, 3.63) is 11.6 Å². The summed E-state index contributed by atoms with van der Waals surface area (Å²) in [6.07, 6.45) is 9.83. The van der Waals surface area contributed by atoms with Crippen molar-refractivity contribution in [2.75, 3.05) is 31.9 Å². The standard InChI is InChI=1S/C18H31N5S2/c1-2-19-17(20-9-5-12-24-18-21-10-13-25-18)22-15-8-11-23(14-15)16-6-3-4-7-16/h10,13,15-16H,2-9,11-12,14H2,1H3,(H2,19,20,22). The first-order valence-corrected chi connectivity index (χ1v) is 11.5. The average Bonchev–Trinajstić information content (AvgIpc) is 3.37. The molecule has 3 rings (SSSR count). The van der Waals surface area contributed by atoms with Gasteiger partial charge in [-0.25, -0.2) is 4.98 Å². The summed E-state index contributed by atoms with van der Waals surface area (Å²) in [5, 5.41) is 9.09. The van der Waals surface area contributed by atoms with Gasteiger partial charge in [0.05, 0.1) is 0 Å². The first-order valence-electron chi connectivity index (χ1n) is 9.66. The predicted octanol–water partition coefficient (Wildman–Crippen LogP) is 3.20. The Kier molecular flexibility index (Phi) is 7.88. The van der Waals surface area contributed by atoms with Crippen LogP contribution in [0.3, 0.4) is 0 Å². The van der Waals surface area contributed by atoms with Crippen LogP contribution in [0, 0.1) is 0 Å². The van der Waals surface area contributed by atoms with Crippen LogP contribution in [0.5, 0.6) is 0 Å². The molecule has 2 N–H and O–H groups in total. The van der Waals surface area contributed by atoms with E-state index in [1.807, 2.05) is 23.3 Å². The smallest absolute Gasteiger partial charge is 0.191 e. The summed E-state index contributed by atoms with van der Waals surface area (Å²) in [6, 6.07) is 1.39. The van der Waals surface area contributed by atoms with Crippen molar-refractivity contribution in [1.82, 2.24) is 20.5 Å². The zero-order chi connectivity index (χ0) is 17.3. The van der Waals surface area contributed by atoms with Crippen LogP contribution in [-0.4, -0.2) is 59.9 Å². The average molecular weight is 382 g/mol. The third-order valence-electron chi connectivity index (χ3n) is 4.95. The lowest BCUT2D eigenvalue weighted by molar-refractivity contribution is 0.242. The summed E-state index contributed by atoms with van der Waals surface area (Å²) in [4.78, 5) is 11.8. The van der Waals surface area contributed by atoms with Gasteiger partial charge in [-0.05, 0) is 32.6 Å². The Morgan fingerprint density at radius 1 is 1.40 bits per heavy atom. The molecule has 1 aliphatic heterocycles. The van der Waals surface area contributed by atoms with Gasteiger partial charge in [0.1, 0.15) is 4.34 Å². The van der Waals surface area contributed by atoms with Crippen LogP contribution in [0.25, 0.3) is 0 Å². The van der Waals surface area contributed by atoms with Crippen molar-refractivity contribution in [2.45, 2.75) is 61.9 Å². The number of aliphatic imine (C=N–C) groups is 1. The van der Waals surface area contributed by atoms with E-state index in [9.17, 15) is 0 Å². The molecule has 2 fully saturated rings. The van der Waals surface area contributed by atoms with Gasteiger partial charge in [0.15, 0.2) is 5.96 Å². The molecule has 1 atom stereocenters. The lowest BCUT2D eigenvalue weighted by Gasteiger charge is -2.24. The lowest BCUT2D eigenvalue weighted by atomic mass is 10.2. The highest BCUT2D eigenvalue weighted by Crippen LogP contribution is 2.26. The van der Waals surface area contributed by atoms with Gasteiger partial charge in [-0.1, -0.05) is 24.6 Å². The molecule has 1 aliphatic carbocycles. The third-order valence-corrected chi connectivity index (χ3v) is 7.01. The van der Waals surface area contributed by atoms with E-state index in [0.717, 1.165) is 41.6 Å². The fourth-order valence-electron chi connectivity index (χ4n) is 3.72. The number of thioether (sulfide) groups is 1. The molecule has 1 unspecified atom stereocenters. The maximum absolute atomic E-state index is 4.76. The number of hydrogen-bond donors (Lipinski definition) is 2. The van der Waals surface area contributed by atoms with Gasteiger partial charge in [0.2, 0.25) is 0 Å². The van der Waals surface area contributed by atoms with Crippen molar-refractivity contribution in [3.63, 3.8) is 0 Å². The highest BCUT2D eigenvalue weighted by atomic mass is 32.2. The van der Waals surface area contributed by atoms with Crippen molar-refractivity contribution < 1.29 is 0 Å². The van der Waals surface area contributed by atoms with Crippen LogP contribution in [0.4, 0.5) is 0 Å². The fourth-order valence-corrected chi connectivity index (χ4v) is 5.35. The molecule has 2 aliphatic rings. The van der Waals surface area contributed by atoms with E-state index < -0.39 is 0 Å². The summed E-state index contributed by atoms with van der Waals surface area (Å²) in [6.45, 7) is 6.34. The lowest BCUT2D eigenvalue weighted by Crippen LogP contribution is -2.45. The molecule has 0 spiro atoms. The predicted molar refractivity (Wildman–Crippen MR) is 109 cm³/mol. The van der Waals surface area contributed by atoms with E-state index in [1.165, 1.54) is 45.2 Å². The van der Waals surface area contributed by atoms with Gasteiger partial charge < -0.3 is 10.6 Å². The van der Waals surface area contributed by atoms with Crippen molar-refractivity contribution in [2.24, 2.45) is 4.99 Å². The number of nitrogens with one attached hydrogen (secondary N) is 2. The Labute approximate surface area is 160 Å². The molecule has 1 aromatic heterocycles. The molecule has 0 radical (unpaired) electrons. The molecule has 2 heterocycles. The molecule has 5 nitrogen and oxygen atoms in total. The first-order chi connectivity index (χ1) is 12.3. The molecule has 1 saturated carbocycles. The fraction of sp³-hybridized carbons (Fsp3) is 0.778. The van der Waals surface area contributed by atoms with Crippen molar-refractivity contribution >= 4 is 29.1 Å². The number of hydrogen-bond acceptors (Lipinski definition) is 5. The Morgan fingerprint density at radius 2 is 2.28 bits per heavy atom. The zero-order valence-corrected chi connectivity index (χ0v) is 16.9. The molecule has 25 heavy (non-hydrogen) atoms. The SMILES string of the molecule is CCNC(=NCCCSc1nccs1)NC1CCN(C2CCCC2)C1. The van der Waals surface area contributed by atoms with E-state index in [0.29, 0.717) is 6.04 Å². The van der Waals surface area contributed by atoms with Gasteiger partial charge >= 0.3 is 0 Å². The van der Waals surface area contributed by atoms with Crippen LogP contribution in [0.2, 0.25) is 0 Å². The maximum atomic E-state index is 4.76. The summed E-state index contributed by atoms with van der Waals surface area (Å²) < 4.78 is 1.16. The van der Waals surface area contributed by atoms with Crippen LogP contribution >= 0.6 is 23.1 Å². The van der Waals surface area contributed by atoms with E-state index in [2.05, 4.69) is 27.4 Å². The maximum Gasteiger partial charge on any atom is 0.191 e. The number of likely N-dealkylation sites (tertiary alicyclic amines) is 1. The zero-order valence-electron chi connectivity index (χ0n) is 15.2. The number of aromatic nitrogens is 1. The van der Waals surface area contributed by atoms with Gasteiger partial charge in [-0.15, -0.1) is 11.3 Å². The molecule has 1 saturated heterocycles. The molecule has 0 bridgehead atoms. The molecular weight excluding hydrogens is 350 g/mol. The number of nitrogens with zero attached hydrogens (tertiary/aromatic N) is 3.